The molecule has 0 unspecified atom stereocenters. The van der Waals surface area contributed by atoms with Crippen LogP contribution in [0.15, 0.2) is 24.3 Å². The summed E-state index contributed by atoms with van der Waals surface area (Å²) in [4.78, 5) is 23.6. The fourth-order valence-electron chi connectivity index (χ4n) is 2.42. The molecule has 0 radical (unpaired) electrons. The Kier molecular flexibility index (Phi) is 14.9. The number of aliphatic hydroxyl groups excluding tert-OH is 1. The third-order valence-electron chi connectivity index (χ3n) is 4.35. The average molecular weight is 531 g/mol. The van der Waals surface area contributed by atoms with E-state index in [4.69, 9.17) is 26.0 Å². The molecule has 0 heterocycles. The summed E-state index contributed by atoms with van der Waals surface area (Å²) >= 11 is 0. The Morgan fingerprint density at radius 3 is 1.68 bits per heavy atom. The predicted octanol–water partition coefficient (Wildman–Crippen LogP) is 1.99. The van der Waals surface area contributed by atoms with Crippen molar-refractivity contribution in [3.05, 3.63) is 50.3 Å². The van der Waals surface area contributed by atoms with Gasteiger partial charge in [0.2, 0.25) is 11.6 Å². The average Bonchev–Trinajstić information content (AvgIpc) is 2.81. The summed E-state index contributed by atoms with van der Waals surface area (Å²) in [6.07, 6.45) is 0. The van der Waals surface area contributed by atoms with Gasteiger partial charge in [0.15, 0.2) is 0 Å². The number of hydrogen-bond donors (Lipinski definition) is 3. The normalized spacial score (nSPS) is 10.1. The lowest BCUT2D eigenvalue weighted by molar-refractivity contribution is -0.387. The zero-order valence-corrected chi connectivity index (χ0v) is 21.8. The topological polar surface area (TPSA) is 193 Å². The SMILES string of the molecule is CN(C)CCO.COc1cc(F)c([N+](=O)[O-])cc1N.COc1cc(OCCN(C)C)c([N+](=O)[O-])cc1N. The summed E-state index contributed by atoms with van der Waals surface area (Å²) in [5.41, 5.74) is 10.4. The molecule has 2 aromatic carbocycles. The van der Waals surface area contributed by atoms with Gasteiger partial charge in [0.25, 0.3) is 0 Å². The van der Waals surface area contributed by atoms with Gasteiger partial charge >= 0.3 is 11.4 Å². The monoisotopic (exact) mass is 530 g/mol. The maximum absolute atomic E-state index is 12.9. The van der Waals surface area contributed by atoms with E-state index in [-0.39, 0.29) is 35.2 Å². The predicted molar refractivity (Wildman–Crippen MR) is 138 cm³/mol. The van der Waals surface area contributed by atoms with E-state index in [2.05, 4.69) is 4.74 Å². The Labute approximate surface area is 214 Å². The van der Waals surface area contributed by atoms with Crippen molar-refractivity contribution in [1.82, 2.24) is 9.80 Å². The van der Waals surface area contributed by atoms with Crippen LogP contribution in [0.4, 0.5) is 27.1 Å². The van der Waals surface area contributed by atoms with Crippen LogP contribution in [0.3, 0.4) is 0 Å². The van der Waals surface area contributed by atoms with E-state index in [1.807, 2.05) is 38.0 Å². The molecule has 0 fully saturated rings. The van der Waals surface area contributed by atoms with Crippen LogP contribution >= 0.6 is 0 Å². The number of methoxy groups -OCH3 is 2. The highest BCUT2D eigenvalue weighted by molar-refractivity contribution is 5.64. The lowest BCUT2D eigenvalue weighted by Gasteiger charge is -2.12. The minimum Gasteiger partial charge on any atom is -0.494 e. The maximum atomic E-state index is 12.9. The number of benzene rings is 2. The molecular weight excluding hydrogens is 495 g/mol. The molecule has 0 saturated heterocycles. The van der Waals surface area contributed by atoms with Gasteiger partial charge in [-0.1, -0.05) is 0 Å². The van der Waals surface area contributed by atoms with Gasteiger partial charge < -0.3 is 40.6 Å². The van der Waals surface area contributed by atoms with Crippen molar-refractivity contribution in [2.75, 3.05) is 80.2 Å². The van der Waals surface area contributed by atoms with Crippen LogP contribution in [0.2, 0.25) is 0 Å². The van der Waals surface area contributed by atoms with Gasteiger partial charge in [-0.3, -0.25) is 20.2 Å². The van der Waals surface area contributed by atoms with E-state index in [0.717, 1.165) is 18.7 Å². The number of nitrogen functional groups attached to an aromatic ring is 2. The second kappa shape index (κ2) is 16.7. The lowest BCUT2D eigenvalue weighted by atomic mass is 10.2. The first-order chi connectivity index (χ1) is 17.3. The molecule has 15 heteroatoms. The Morgan fingerprint density at radius 1 is 0.838 bits per heavy atom. The van der Waals surface area contributed by atoms with Gasteiger partial charge in [0, 0.05) is 37.4 Å². The number of aliphatic hydroxyl groups is 1. The summed E-state index contributed by atoms with van der Waals surface area (Å²) in [5.74, 6) is -0.354. The number of rotatable bonds is 10. The zero-order valence-electron chi connectivity index (χ0n) is 21.8. The fourth-order valence-corrected chi connectivity index (χ4v) is 2.42. The molecule has 0 aliphatic carbocycles. The molecule has 0 aromatic heterocycles. The van der Waals surface area contributed by atoms with Crippen molar-refractivity contribution >= 4 is 22.7 Å². The summed E-state index contributed by atoms with van der Waals surface area (Å²) < 4.78 is 28.0. The molecule has 0 aliphatic heterocycles. The molecule has 2 rings (SSSR count). The van der Waals surface area contributed by atoms with Crippen LogP contribution in [0.5, 0.6) is 17.2 Å². The van der Waals surface area contributed by atoms with Crippen LogP contribution < -0.4 is 25.7 Å². The Balaban J connectivity index is 0.000000594. The number of nitrogens with two attached hydrogens (primary N) is 2. The van der Waals surface area contributed by atoms with Crippen LogP contribution in [0.1, 0.15) is 0 Å². The van der Waals surface area contributed by atoms with Crippen molar-refractivity contribution < 1.29 is 33.6 Å². The maximum Gasteiger partial charge on any atom is 0.313 e. The summed E-state index contributed by atoms with van der Waals surface area (Å²) in [6.45, 7) is 2.03. The number of likely N-dealkylation sites (N-methyl/N-ethyl adjacent to an activating group) is 2. The van der Waals surface area contributed by atoms with E-state index >= 15 is 0 Å². The second-order valence-corrected chi connectivity index (χ2v) is 7.80. The first kappa shape index (κ1) is 33.0. The third-order valence-corrected chi connectivity index (χ3v) is 4.35. The fraction of sp³-hybridized carbons (Fsp3) is 0.455. The molecule has 0 saturated carbocycles. The molecular formula is C22H35FN6O8. The minimum atomic E-state index is -0.962. The van der Waals surface area contributed by atoms with Crippen molar-refractivity contribution in [3.8, 4) is 17.2 Å². The van der Waals surface area contributed by atoms with E-state index < -0.39 is 21.4 Å². The summed E-state index contributed by atoms with van der Waals surface area (Å²) in [7, 11) is 10.4. The summed E-state index contributed by atoms with van der Waals surface area (Å²) in [5, 5.41) is 29.3. The molecule has 5 N–H and O–H groups in total. The van der Waals surface area contributed by atoms with E-state index in [9.17, 15) is 24.6 Å². The molecule has 0 amide bonds. The van der Waals surface area contributed by atoms with Gasteiger partial charge in [-0.15, -0.1) is 0 Å². The second-order valence-electron chi connectivity index (χ2n) is 7.80. The van der Waals surface area contributed by atoms with Gasteiger partial charge in [-0.25, -0.2) is 0 Å². The zero-order chi connectivity index (χ0) is 28.7. The highest BCUT2D eigenvalue weighted by Gasteiger charge is 2.19. The van der Waals surface area contributed by atoms with Crippen LogP contribution in [-0.4, -0.2) is 93.5 Å². The minimum absolute atomic E-state index is 0.0376. The Hall–Kier alpha value is -3.95. The van der Waals surface area contributed by atoms with E-state index in [1.165, 1.54) is 26.4 Å². The largest absolute Gasteiger partial charge is 0.494 e. The number of nitro groups is 2. The smallest absolute Gasteiger partial charge is 0.313 e. The first-order valence-corrected chi connectivity index (χ1v) is 10.7. The highest BCUT2D eigenvalue weighted by atomic mass is 19.1. The van der Waals surface area contributed by atoms with Gasteiger partial charge in [-0.05, 0) is 28.2 Å². The lowest BCUT2D eigenvalue weighted by Crippen LogP contribution is -2.19. The van der Waals surface area contributed by atoms with E-state index in [0.29, 0.717) is 18.9 Å². The van der Waals surface area contributed by atoms with Crippen molar-refractivity contribution in [2.45, 2.75) is 0 Å². The Bertz CT molecular complexity index is 1020. The quantitative estimate of drug-likeness (QED) is 0.230. The van der Waals surface area contributed by atoms with Gasteiger partial charge in [0.1, 0.15) is 18.1 Å². The van der Waals surface area contributed by atoms with Crippen LogP contribution in [0, 0.1) is 26.0 Å². The number of ether oxygens (including phenoxy) is 3. The molecule has 0 aliphatic rings. The van der Waals surface area contributed by atoms with Gasteiger partial charge in [0.05, 0.1) is 42.0 Å². The standard InChI is InChI=1S/C11H17N3O4.C7H7FN2O3.C4H11NO/c1-13(2)4-5-18-11-7-10(17-3)8(12)6-9(11)14(15)16;1-13-7-2-4(8)6(10(11)12)3-5(7)9;1-5(2)3-4-6/h6-7H,4-5,12H2,1-3H3;2-3H,9H2,1H3;6H,3-4H2,1-2H3. The number of halogens is 1. The molecule has 14 nitrogen and oxygen atoms in total. The van der Waals surface area contributed by atoms with E-state index in [1.54, 1.807) is 0 Å². The number of nitro benzene ring substituents is 2. The summed E-state index contributed by atoms with van der Waals surface area (Å²) in [6, 6.07) is 4.48. The molecule has 2 aromatic rings. The molecule has 208 valence electrons. The first-order valence-electron chi connectivity index (χ1n) is 10.7. The van der Waals surface area contributed by atoms with Crippen molar-refractivity contribution in [1.29, 1.82) is 0 Å². The van der Waals surface area contributed by atoms with Gasteiger partial charge in [-0.2, -0.15) is 4.39 Å². The third kappa shape index (κ3) is 12.0. The molecule has 37 heavy (non-hydrogen) atoms. The number of hydrogen-bond acceptors (Lipinski definition) is 12. The molecule has 0 bridgehead atoms. The number of nitrogens with zero attached hydrogens (tertiary/aromatic N) is 4. The van der Waals surface area contributed by atoms with Crippen molar-refractivity contribution in [2.24, 2.45) is 0 Å². The van der Waals surface area contributed by atoms with Crippen LogP contribution in [-0.2, 0) is 0 Å². The Morgan fingerprint density at radius 2 is 1.30 bits per heavy atom. The van der Waals surface area contributed by atoms with Crippen molar-refractivity contribution in [3.63, 3.8) is 0 Å². The highest BCUT2D eigenvalue weighted by Crippen LogP contribution is 2.36. The number of anilines is 2. The molecule has 0 atom stereocenters. The molecule has 0 spiro atoms. The van der Waals surface area contributed by atoms with Crippen LogP contribution in [0.25, 0.3) is 0 Å².